The Morgan fingerprint density at radius 2 is 1.87 bits per heavy atom. The maximum absolute atomic E-state index is 13.2. The number of amides is 2. The molecule has 2 amide bonds. The molecule has 1 fully saturated rings. The normalized spacial score (nSPS) is 17.2. The van der Waals surface area contributed by atoms with Gasteiger partial charge in [0.2, 0.25) is 10.0 Å². The summed E-state index contributed by atoms with van der Waals surface area (Å²) in [4.78, 5) is 12.7. The van der Waals surface area contributed by atoms with Gasteiger partial charge in [-0.1, -0.05) is 36.2 Å². The van der Waals surface area contributed by atoms with Gasteiger partial charge in [0.1, 0.15) is 5.75 Å². The molecule has 1 aliphatic rings. The number of nitrogens with one attached hydrogen (secondary N) is 2. The van der Waals surface area contributed by atoms with Crippen molar-refractivity contribution in [3.8, 4) is 5.75 Å². The fourth-order valence-corrected chi connectivity index (χ4v) is 5.52. The summed E-state index contributed by atoms with van der Waals surface area (Å²) >= 11 is 0. The Morgan fingerprint density at radius 3 is 2.61 bits per heavy atom. The van der Waals surface area contributed by atoms with Crippen molar-refractivity contribution in [2.24, 2.45) is 0 Å². The lowest BCUT2D eigenvalue weighted by atomic mass is 10.0. The van der Waals surface area contributed by atoms with Crippen LogP contribution in [0.5, 0.6) is 5.75 Å². The van der Waals surface area contributed by atoms with Crippen LogP contribution in [0, 0.1) is 6.92 Å². The van der Waals surface area contributed by atoms with Gasteiger partial charge >= 0.3 is 6.03 Å². The summed E-state index contributed by atoms with van der Waals surface area (Å²) in [6.07, 6.45) is 3.19. The monoisotopic (exact) mass is 445 g/mol. The first-order valence-corrected chi connectivity index (χ1v) is 12.2. The van der Waals surface area contributed by atoms with Crippen molar-refractivity contribution in [1.82, 2.24) is 9.62 Å². The Hall–Kier alpha value is -2.58. The Labute approximate surface area is 184 Å². The highest BCUT2D eigenvalue weighted by atomic mass is 32.2. The van der Waals surface area contributed by atoms with E-state index in [0.29, 0.717) is 42.4 Å². The van der Waals surface area contributed by atoms with Crippen LogP contribution < -0.4 is 15.4 Å². The SMILES string of the molecule is CCOc1ccccc1NC(=O)NCCC1CCCCN1S(=O)(=O)c1ccc(C)cc1. The number of rotatable bonds is 8. The first kappa shape index (κ1) is 23.1. The second-order valence-corrected chi connectivity index (χ2v) is 9.57. The maximum atomic E-state index is 13.2. The average Bonchev–Trinajstić information content (AvgIpc) is 2.76. The van der Waals surface area contributed by atoms with Gasteiger partial charge < -0.3 is 15.4 Å². The van der Waals surface area contributed by atoms with Crippen LogP contribution in [-0.2, 0) is 10.0 Å². The molecule has 2 aromatic rings. The van der Waals surface area contributed by atoms with E-state index < -0.39 is 10.0 Å². The van der Waals surface area contributed by atoms with E-state index in [1.165, 1.54) is 0 Å². The number of piperidine rings is 1. The molecular weight excluding hydrogens is 414 g/mol. The number of hydrogen-bond acceptors (Lipinski definition) is 4. The first-order valence-electron chi connectivity index (χ1n) is 10.8. The number of sulfonamides is 1. The van der Waals surface area contributed by atoms with Crippen molar-refractivity contribution in [3.05, 3.63) is 54.1 Å². The quantitative estimate of drug-likeness (QED) is 0.639. The van der Waals surface area contributed by atoms with Gasteiger partial charge in [0.25, 0.3) is 0 Å². The van der Waals surface area contributed by atoms with Gasteiger partial charge in [-0.2, -0.15) is 4.31 Å². The highest BCUT2D eigenvalue weighted by Gasteiger charge is 2.33. The molecule has 2 N–H and O–H groups in total. The fourth-order valence-electron chi connectivity index (χ4n) is 3.79. The van der Waals surface area contributed by atoms with Crippen LogP contribution in [0.1, 0.15) is 38.2 Å². The third kappa shape index (κ3) is 5.98. The van der Waals surface area contributed by atoms with Crippen molar-refractivity contribution in [3.63, 3.8) is 0 Å². The predicted octanol–water partition coefficient (Wildman–Crippen LogP) is 4.15. The molecule has 8 heteroatoms. The molecule has 168 valence electrons. The van der Waals surface area contributed by atoms with Crippen LogP contribution in [0.3, 0.4) is 0 Å². The number of urea groups is 1. The number of para-hydroxylation sites is 2. The fraction of sp³-hybridized carbons (Fsp3) is 0.435. The molecule has 2 aromatic carbocycles. The van der Waals surface area contributed by atoms with Gasteiger partial charge in [-0.15, -0.1) is 0 Å². The van der Waals surface area contributed by atoms with E-state index in [4.69, 9.17) is 4.74 Å². The van der Waals surface area contributed by atoms with Crippen molar-refractivity contribution in [2.75, 3.05) is 25.0 Å². The van der Waals surface area contributed by atoms with E-state index in [0.717, 1.165) is 24.8 Å². The lowest BCUT2D eigenvalue weighted by molar-refractivity contribution is 0.234. The zero-order chi connectivity index (χ0) is 22.3. The summed E-state index contributed by atoms with van der Waals surface area (Å²) in [5.74, 6) is 0.614. The minimum Gasteiger partial charge on any atom is -0.492 e. The minimum atomic E-state index is -3.55. The van der Waals surface area contributed by atoms with Gasteiger partial charge in [0, 0.05) is 19.1 Å². The number of nitrogens with zero attached hydrogens (tertiary/aromatic N) is 1. The molecule has 0 saturated carbocycles. The predicted molar refractivity (Wildman–Crippen MR) is 122 cm³/mol. The lowest BCUT2D eigenvalue weighted by Crippen LogP contribution is -2.45. The standard InChI is InChI=1S/C23H31N3O4S/c1-3-30-22-10-5-4-9-21(22)25-23(27)24-16-15-19-8-6-7-17-26(19)31(28,29)20-13-11-18(2)12-14-20/h4-5,9-14,19H,3,6-8,15-17H2,1-2H3,(H2,24,25,27). The highest BCUT2D eigenvalue weighted by Crippen LogP contribution is 2.27. The number of benzene rings is 2. The molecule has 0 aromatic heterocycles. The summed E-state index contributed by atoms with van der Waals surface area (Å²) in [5.41, 5.74) is 1.62. The molecule has 1 heterocycles. The van der Waals surface area contributed by atoms with E-state index in [1.807, 2.05) is 38.1 Å². The molecule has 1 atom stereocenters. The summed E-state index contributed by atoms with van der Waals surface area (Å²) in [7, 11) is -3.55. The second-order valence-electron chi connectivity index (χ2n) is 7.68. The maximum Gasteiger partial charge on any atom is 0.319 e. The molecule has 1 unspecified atom stereocenters. The third-order valence-electron chi connectivity index (χ3n) is 5.40. The van der Waals surface area contributed by atoms with Crippen LogP contribution in [-0.4, -0.2) is 44.5 Å². The molecule has 7 nitrogen and oxygen atoms in total. The van der Waals surface area contributed by atoms with Crippen molar-refractivity contribution >= 4 is 21.7 Å². The number of ether oxygens (including phenoxy) is 1. The van der Waals surface area contributed by atoms with Gasteiger partial charge in [0.15, 0.2) is 0 Å². The Bertz CT molecular complexity index is 977. The Kier molecular flexibility index (Phi) is 7.92. The summed E-state index contributed by atoms with van der Waals surface area (Å²) in [5, 5.41) is 5.64. The van der Waals surface area contributed by atoms with Gasteiger partial charge in [-0.3, -0.25) is 0 Å². The summed E-state index contributed by atoms with van der Waals surface area (Å²) < 4.78 is 33.4. The Morgan fingerprint density at radius 1 is 1.13 bits per heavy atom. The molecule has 1 aliphatic heterocycles. The van der Waals surface area contributed by atoms with Gasteiger partial charge in [-0.25, -0.2) is 13.2 Å². The number of aryl methyl sites for hydroxylation is 1. The van der Waals surface area contributed by atoms with Crippen molar-refractivity contribution in [2.45, 2.75) is 50.5 Å². The average molecular weight is 446 g/mol. The van der Waals surface area contributed by atoms with Gasteiger partial charge in [0.05, 0.1) is 17.2 Å². The topological polar surface area (TPSA) is 87.7 Å². The summed E-state index contributed by atoms with van der Waals surface area (Å²) in [6.45, 7) is 5.22. The molecule has 1 saturated heterocycles. The summed E-state index contributed by atoms with van der Waals surface area (Å²) in [6, 6.07) is 13.8. The number of anilines is 1. The molecule has 0 bridgehead atoms. The molecule has 0 radical (unpaired) electrons. The zero-order valence-electron chi connectivity index (χ0n) is 18.1. The Balaban J connectivity index is 1.58. The first-order chi connectivity index (χ1) is 14.9. The van der Waals surface area contributed by atoms with Gasteiger partial charge in [-0.05, 0) is 57.4 Å². The lowest BCUT2D eigenvalue weighted by Gasteiger charge is -2.34. The smallest absolute Gasteiger partial charge is 0.319 e. The molecular formula is C23H31N3O4S. The van der Waals surface area contributed by atoms with E-state index >= 15 is 0 Å². The number of hydrogen-bond donors (Lipinski definition) is 2. The minimum absolute atomic E-state index is 0.129. The largest absolute Gasteiger partial charge is 0.492 e. The number of carbonyl (C=O) groups is 1. The van der Waals surface area contributed by atoms with Crippen LogP contribution in [0.25, 0.3) is 0 Å². The molecule has 0 aliphatic carbocycles. The molecule has 0 spiro atoms. The van der Waals surface area contributed by atoms with E-state index in [2.05, 4.69) is 10.6 Å². The van der Waals surface area contributed by atoms with Crippen molar-refractivity contribution in [1.29, 1.82) is 0 Å². The zero-order valence-corrected chi connectivity index (χ0v) is 19.0. The van der Waals surface area contributed by atoms with Crippen LogP contribution in [0.15, 0.2) is 53.4 Å². The number of carbonyl (C=O) groups excluding carboxylic acids is 1. The second kappa shape index (κ2) is 10.6. The third-order valence-corrected chi connectivity index (χ3v) is 7.36. The molecule has 3 rings (SSSR count). The van der Waals surface area contributed by atoms with E-state index in [1.54, 1.807) is 28.6 Å². The van der Waals surface area contributed by atoms with E-state index in [-0.39, 0.29) is 12.1 Å². The van der Waals surface area contributed by atoms with Crippen molar-refractivity contribution < 1.29 is 17.9 Å². The van der Waals surface area contributed by atoms with Crippen LogP contribution in [0.2, 0.25) is 0 Å². The highest BCUT2D eigenvalue weighted by molar-refractivity contribution is 7.89. The van der Waals surface area contributed by atoms with Crippen LogP contribution >= 0.6 is 0 Å². The van der Waals surface area contributed by atoms with Crippen LogP contribution in [0.4, 0.5) is 10.5 Å². The molecule has 31 heavy (non-hydrogen) atoms. The van der Waals surface area contributed by atoms with E-state index in [9.17, 15) is 13.2 Å².